The van der Waals surface area contributed by atoms with Gasteiger partial charge in [-0.2, -0.15) is 0 Å². The molecule has 0 aliphatic heterocycles. The van der Waals surface area contributed by atoms with Gasteiger partial charge >= 0.3 is 0 Å². The van der Waals surface area contributed by atoms with Crippen molar-refractivity contribution in [2.24, 2.45) is 0 Å². The predicted molar refractivity (Wildman–Crippen MR) is 55.3 cm³/mol. The van der Waals surface area contributed by atoms with Crippen molar-refractivity contribution in [2.75, 3.05) is 0 Å². The normalized spacial score (nSPS) is 11.0. The van der Waals surface area contributed by atoms with Crippen molar-refractivity contribution in [3.8, 4) is 0 Å². The lowest BCUT2D eigenvalue weighted by Gasteiger charge is -2.14. The monoisotopic (exact) mass is 250 g/mol. The summed E-state index contributed by atoms with van der Waals surface area (Å²) in [5, 5.41) is -1.26. The molecule has 0 fully saturated rings. The van der Waals surface area contributed by atoms with E-state index in [9.17, 15) is 18.0 Å². The fourth-order valence-electron chi connectivity index (χ4n) is 1.49. The number of halogens is 4. The molecule has 1 aromatic carbocycles. The molecule has 0 radical (unpaired) electrons. The molecule has 1 rings (SSSR count). The summed E-state index contributed by atoms with van der Waals surface area (Å²) in [5.41, 5.74) is -1.60. The Bertz CT molecular complexity index is 455. The first-order chi connectivity index (χ1) is 7.29. The predicted octanol–water partition coefficient (Wildman–Crippen LogP) is 3.91. The number of hydrogen-bond acceptors (Lipinski definition) is 1. The number of carbonyl (C=O) groups is 1. The van der Waals surface area contributed by atoms with Gasteiger partial charge in [0.2, 0.25) is 0 Å². The Labute approximate surface area is 96.2 Å². The highest BCUT2D eigenvalue weighted by molar-refractivity contribution is 6.67. The number of hydrogen-bond donors (Lipinski definition) is 0. The summed E-state index contributed by atoms with van der Waals surface area (Å²) >= 11 is 5.07. The highest BCUT2D eigenvalue weighted by Gasteiger charge is 2.27. The van der Waals surface area contributed by atoms with Crippen LogP contribution in [0.25, 0.3) is 0 Å². The first-order valence-electron chi connectivity index (χ1n) is 4.65. The fraction of sp³-hybridized carbons (Fsp3) is 0.364. The maximum Gasteiger partial charge on any atom is 0.258 e. The van der Waals surface area contributed by atoms with Gasteiger partial charge in [-0.1, -0.05) is 13.8 Å². The first-order valence-corrected chi connectivity index (χ1v) is 5.03. The molecule has 0 aromatic heterocycles. The quantitative estimate of drug-likeness (QED) is 0.727. The molecule has 0 saturated heterocycles. The Hall–Kier alpha value is -1.03. The van der Waals surface area contributed by atoms with Crippen LogP contribution in [0.5, 0.6) is 0 Å². The Morgan fingerprint density at radius 1 is 1.12 bits per heavy atom. The van der Waals surface area contributed by atoms with E-state index in [1.807, 2.05) is 0 Å². The van der Waals surface area contributed by atoms with E-state index in [1.54, 1.807) is 13.8 Å². The van der Waals surface area contributed by atoms with E-state index in [1.165, 1.54) is 0 Å². The topological polar surface area (TPSA) is 17.1 Å². The smallest absolute Gasteiger partial charge is 0.258 e. The molecule has 16 heavy (non-hydrogen) atoms. The third-order valence-corrected chi connectivity index (χ3v) is 2.53. The van der Waals surface area contributed by atoms with Crippen LogP contribution in [0.1, 0.15) is 41.3 Å². The highest BCUT2D eigenvalue weighted by Crippen LogP contribution is 2.30. The van der Waals surface area contributed by atoms with Gasteiger partial charge in [0.25, 0.3) is 5.24 Å². The van der Waals surface area contributed by atoms with Crippen LogP contribution in [0.3, 0.4) is 0 Å². The minimum atomic E-state index is -1.26. The standard InChI is InChI=1S/C11H10ClF3O/c1-4(2)6-8(13)5(3)9(14)7(10(6)15)11(12)16/h4H,1-3H3. The van der Waals surface area contributed by atoms with Gasteiger partial charge in [-0.15, -0.1) is 0 Å². The maximum absolute atomic E-state index is 13.7. The minimum absolute atomic E-state index is 0.317. The van der Waals surface area contributed by atoms with Gasteiger partial charge in [0.1, 0.15) is 23.0 Å². The SMILES string of the molecule is Cc1c(F)c(C(=O)Cl)c(F)c(C(C)C)c1F. The van der Waals surface area contributed by atoms with Crippen LogP contribution in [0.15, 0.2) is 0 Å². The van der Waals surface area contributed by atoms with Crippen LogP contribution in [0.2, 0.25) is 0 Å². The second kappa shape index (κ2) is 4.45. The molecule has 0 spiro atoms. The molecule has 0 saturated carbocycles. The summed E-state index contributed by atoms with van der Waals surface area (Å²) in [4.78, 5) is 10.9. The van der Waals surface area contributed by atoms with Gasteiger partial charge < -0.3 is 0 Å². The zero-order valence-corrected chi connectivity index (χ0v) is 9.75. The van der Waals surface area contributed by atoms with Crippen LogP contribution in [0, 0.1) is 24.4 Å². The van der Waals surface area contributed by atoms with Crippen LogP contribution >= 0.6 is 11.6 Å². The molecule has 0 bridgehead atoms. The third kappa shape index (κ3) is 1.94. The van der Waals surface area contributed by atoms with E-state index in [-0.39, 0.29) is 5.56 Å². The largest absolute Gasteiger partial charge is 0.275 e. The number of benzene rings is 1. The molecule has 0 N–H and O–H groups in total. The van der Waals surface area contributed by atoms with Crippen molar-refractivity contribution in [2.45, 2.75) is 26.7 Å². The van der Waals surface area contributed by atoms with E-state index >= 15 is 0 Å². The molecule has 0 atom stereocenters. The molecule has 0 unspecified atom stereocenters. The molecule has 88 valence electrons. The van der Waals surface area contributed by atoms with Crippen molar-refractivity contribution in [1.29, 1.82) is 0 Å². The molecule has 0 amide bonds. The van der Waals surface area contributed by atoms with E-state index in [0.29, 0.717) is 0 Å². The fourth-order valence-corrected chi connectivity index (χ4v) is 1.66. The van der Waals surface area contributed by atoms with Gasteiger partial charge in [-0.3, -0.25) is 4.79 Å². The van der Waals surface area contributed by atoms with E-state index in [0.717, 1.165) is 6.92 Å². The maximum atomic E-state index is 13.7. The van der Waals surface area contributed by atoms with Crippen molar-refractivity contribution in [3.63, 3.8) is 0 Å². The zero-order valence-electron chi connectivity index (χ0n) is 9.00. The molecule has 1 aromatic rings. The second-order valence-electron chi connectivity index (χ2n) is 3.78. The molecular weight excluding hydrogens is 241 g/mol. The molecule has 0 heterocycles. The van der Waals surface area contributed by atoms with E-state index in [2.05, 4.69) is 0 Å². The zero-order chi connectivity index (χ0) is 12.6. The van der Waals surface area contributed by atoms with Gasteiger partial charge in [0.15, 0.2) is 0 Å². The van der Waals surface area contributed by atoms with Crippen LogP contribution in [0.4, 0.5) is 13.2 Å². The summed E-state index contributed by atoms with van der Waals surface area (Å²) in [6.45, 7) is 4.22. The first kappa shape index (κ1) is 13.0. The lowest BCUT2D eigenvalue weighted by atomic mass is 9.96. The Morgan fingerprint density at radius 2 is 1.62 bits per heavy atom. The minimum Gasteiger partial charge on any atom is -0.275 e. The number of carbonyl (C=O) groups excluding carboxylic acids is 1. The molecule has 5 heteroatoms. The van der Waals surface area contributed by atoms with Crippen LogP contribution < -0.4 is 0 Å². The summed E-state index contributed by atoms with van der Waals surface area (Å²) < 4.78 is 40.7. The van der Waals surface area contributed by atoms with E-state index in [4.69, 9.17) is 11.6 Å². The summed E-state index contributed by atoms with van der Waals surface area (Å²) in [7, 11) is 0. The average molecular weight is 251 g/mol. The van der Waals surface area contributed by atoms with Crippen molar-refractivity contribution in [1.82, 2.24) is 0 Å². The number of rotatable bonds is 2. The van der Waals surface area contributed by atoms with Crippen molar-refractivity contribution < 1.29 is 18.0 Å². The summed E-state index contributed by atoms with van der Waals surface area (Å²) in [6.07, 6.45) is 0. The van der Waals surface area contributed by atoms with Gasteiger partial charge in [-0.25, -0.2) is 13.2 Å². The van der Waals surface area contributed by atoms with Gasteiger partial charge in [0, 0.05) is 11.1 Å². The van der Waals surface area contributed by atoms with Crippen molar-refractivity contribution in [3.05, 3.63) is 34.1 Å². The molecule has 1 nitrogen and oxygen atoms in total. The Kier molecular flexibility index (Phi) is 3.63. The molecular formula is C11H10ClF3O. The van der Waals surface area contributed by atoms with Crippen LogP contribution in [-0.4, -0.2) is 5.24 Å². The van der Waals surface area contributed by atoms with Gasteiger partial charge in [-0.05, 0) is 24.4 Å². The third-order valence-electron chi connectivity index (χ3n) is 2.34. The Morgan fingerprint density at radius 3 is 2.00 bits per heavy atom. The highest BCUT2D eigenvalue weighted by atomic mass is 35.5. The molecule has 0 aliphatic carbocycles. The molecule has 0 aliphatic rings. The van der Waals surface area contributed by atoms with E-state index < -0.39 is 39.7 Å². The Balaban J connectivity index is 3.73. The lowest BCUT2D eigenvalue weighted by molar-refractivity contribution is 0.107. The van der Waals surface area contributed by atoms with Gasteiger partial charge in [0.05, 0.1) is 0 Å². The lowest BCUT2D eigenvalue weighted by Crippen LogP contribution is -2.11. The van der Waals surface area contributed by atoms with Crippen LogP contribution in [-0.2, 0) is 0 Å². The second-order valence-corrected chi connectivity index (χ2v) is 4.13. The van der Waals surface area contributed by atoms with Crippen molar-refractivity contribution >= 4 is 16.8 Å². The summed E-state index contributed by atoms with van der Waals surface area (Å²) in [5.74, 6) is -3.92. The average Bonchev–Trinajstić information content (AvgIpc) is 2.13. The summed E-state index contributed by atoms with van der Waals surface area (Å²) in [6, 6.07) is 0.